The van der Waals surface area contributed by atoms with Crippen LogP contribution in [0.1, 0.15) is 16.7 Å². The van der Waals surface area contributed by atoms with Crippen molar-refractivity contribution in [3.05, 3.63) is 93.2 Å². The highest BCUT2D eigenvalue weighted by atomic mass is 35.5. The van der Waals surface area contributed by atoms with E-state index in [9.17, 15) is 4.39 Å². The fourth-order valence-electron chi connectivity index (χ4n) is 2.46. The Morgan fingerprint density at radius 3 is 2.12 bits per heavy atom. The van der Waals surface area contributed by atoms with Crippen molar-refractivity contribution in [3.63, 3.8) is 0 Å². The van der Waals surface area contributed by atoms with Gasteiger partial charge in [-0.2, -0.15) is 0 Å². The minimum Gasteiger partial charge on any atom is -0.486 e. The van der Waals surface area contributed by atoms with Gasteiger partial charge in [0.25, 0.3) is 0 Å². The second-order valence-corrected chi connectivity index (χ2v) is 6.84. The Labute approximate surface area is 162 Å². The van der Waals surface area contributed by atoms with Crippen molar-refractivity contribution in [2.24, 2.45) is 0 Å². The van der Waals surface area contributed by atoms with Crippen LogP contribution in [0.25, 0.3) is 0 Å². The summed E-state index contributed by atoms with van der Waals surface area (Å²) < 4.78 is 18.7. The van der Waals surface area contributed by atoms with Crippen molar-refractivity contribution in [1.29, 1.82) is 0 Å². The molecule has 0 aliphatic heterocycles. The molecule has 0 aliphatic carbocycles. The first-order valence-electron chi connectivity index (χ1n) is 8.17. The number of aryl methyl sites for hydroxylation is 1. The van der Waals surface area contributed by atoms with Crippen LogP contribution in [0.3, 0.4) is 0 Å². The second-order valence-electron chi connectivity index (χ2n) is 6.02. The van der Waals surface area contributed by atoms with E-state index in [1.54, 1.807) is 12.1 Å². The lowest BCUT2D eigenvalue weighted by Crippen LogP contribution is -2.01. The highest BCUT2D eigenvalue weighted by Crippen LogP contribution is 2.35. The summed E-state index contributed by atoms with van der Waals surface area (Å²) in [6.45, 7) is 2.95. The Hall–Kier alpha value is -2.23. The summed E-state index contributed by atoms with van der Waals surface area (Å²) in [6.07, 6.45) is 0. The molecule has 0 bridgehead atoms. The van der Waals surface area contributed by atoms with Crippen LogP contribution in [0.5, 0.6) is 5.75 Å². The maximum atomic E-state index is 12.9. The van der Waals surface area contributed by atoms with Crippen LogP contribution < -0.4 is 10.1 Å². The van der Waals surface area contributed by atoms with Crippen LogP contribution in [-0.4, -0.2) is 0 Å². The molecule has 0 unspecified atom stereocenters. The Balaban J connectivity index is 1.65. The molecule has 0 aliphatic rings. The lowest BCUT2D eigenvalue weighted by atomic mass is 10.1. The number of ether oxygens (including phenoxy) is 1. The molecular weight excluding hydrogens is 372 g/mol. The van der Waals surface area contributed by atoms with E-state index in [2.05, 4.69) is 5.32 Å². The third-order valence-corrected chi connectivity index (χ3v) is 4.46. The standard InChI is InChI=1S/C21H18Cl2FNO/c1-14-2-4-15(5-3-14)13-26-21-19(22)10-16(11-20(21)23)12-25-18-8-6-17(24)7-9-18/h2-11,25H,12-13H2,1H3. The monoisotopic (exact) mass is 389 g/mol. The number of hydrogen-bond acceptors (Lipinski definition) is 2. The number of rotatable bonds is 6. The Morgan fingerprint density at radius 2 is 1.50 bits per heavy atom. The average molecular weight is 390 g/mol. The molecule has 0 saturated carbocycles. The lowest BCUT2D eigenvalue weighted by Gasteiger charge is -2.13. The summed E-state index contributed by atoms with van der Waals surface area (Å²) in [4.78, 5) is 0. The van der Waals surface area contributed by atoms with Crippen LogP contribution in [0.15, 0.2) is 60.7 Å². The van der Waals surface area contributed by atoms with Crippen LogP contribution in [-0.2, 0) is 13.2 Å². The lowest BCUT2D eigenvalue weighted by molar-refractivity contribution is 0.306. The van der Waals surface area contributed by atoms with Gasteiger partial charge >= 0.3 is 0 Å². The van der Waals surface area contributed by atoms with Crippen LogP contribution in [0.2, 0.25) is 10.0 Å². The topological polar surface area (TPSA) is 21.3 Å². The molecule has 2 nitrogen and oxygen atoms in total. The highest BCUT2D eigenvalue weighted by Gasteiger charge is 2.10. The molecule has 3 aromatic carbocycles. The zero-order valence-corrected chi connectivity index (χ0v) is 15.7. The molecule has 26 heavy (non-hydrogen) atoms. The summed E-state index contributed by atoms with van der Waals surface area (Å²) in [5.74, 6) is 0.205. The Bertz CT molecular complexity index is 857. The minimum absolute atomic E-state index is 0.267. The molecule has 0 radical (unpaired) electrons. The number of nitrogens with one attached hydrogen (secondary N) is 1. The van der Waals surface area contributed by atoms with Crippen molar-refractivity contribution in [1.82, 2.24) is 0 Å². The van der Waals surface area contributed by atoms with E-state index in [0.29, 0.717) is 28.9 Å². The van der Waals surface area contributed by atoms with Crippen LogP contribution in [0.4, 0.5) is 10.1 Å². The predicted molar refractivity (Wildman–Crippen MR) is 106 cm³/mol. The van der Waals surface area contributed by atoms with E-state index in [4.69, 9.17) is 27.9 Å². The molecule has 0 heterocycles. The first-order chi connectivity index (χ1) is 12.5. The first kappa shape index (κ1) is 18.6. The van der Waals surface area contributed by atoms with E-state index >= 15 is 0 Å². The molecule has 5 heteroatoms. The number of benzene rings is 3. The number of hydrogen-bond donors (Lipinski definition) is 1. The summed E-state index contributed by atoms with van der Waals surface area (Å²) in [5.41, 5.74) is 3.97. The maximum absolute atomic E-state index is 12.9. The summed E-state index contributed by atoms with van der Waals surface area (Å²) in [6, 6.07) is 17.9. The van der Waals surface area contributed by atoms with Crippen molar-refractivity contribution < 1.29 is 9.13 Å². The van der Waals surface area contributed by atoms with E-state index in [1.807, 2.05) is 43.3 Å². The van der Waals surface area contributed by atoms with Crippen molar-refractivity contribution in [2.45, 2.75) is 20.1 Å². The van der Waals surface area contributed by atoms with Gasteiger partial charge in [-0.1, -0.05) is 53.0 Å². The Morgan fingerprint density at radius 1 is 0.885 bits per heavy atom. The minimum atomic E-state index is -0.267. The summed E-state index contributed by atoms with van der Waals surface area (Å²) in [5, 5.41) is 4.12. The first-order valence-corrected chi connectivity index (χ1v) is 8.92. The largest absolute Gasteiger partial charge is 0.486 e. The highest BCUT2D eigenvalue weighted by molar-refractivity contribution is 6.37. The van der Waals surface area contributed by atoms with Gasteiger partial charge in [-0.3, -0.25) is 0 Å². The third-order valence-electron chi connectivity index (χ3n) is 3.90. The number of anilines is 1. The average Bonchev–Trinajstić information content (AvgIpc) is 2.62. The fraction of sp³-hybridized carbons (Fsp3) is 0.143. The molecule has 0 spiro atoms. The molecule has 0 amide bonds. The normalized spacial score (nSPS) is 10.6. The molecule has 3 rings (SSSR count). The molecule has 0 atom stereocenters. The molecule has 0 fully saturated rings. The van der Waals surface area contributed by atoms with Gasteiger partial charge in [0, 0.05) is 12.2 Å². The van der Waals surface area contributed by atoms with E-state index in [0.717, 1.165) is 16.8 Å². The quantitative estimate of drug-likeness (QED) is 0.510. The van der Waals surface area contributed by atoms with Gasteiger partial charge in [-0.05, 0) is 54.4 Å². The van der Waals surface area contributed by atoms with Gasteiger partial charge in [-0.25, -0.2) is 4.39 Å². The fourth-order valence-corrected chi connectivity index (χ4v) is 3.11. The van der Waals surface area contributed by atoms with Gasteiger partial charge < -0.3 is 10.1 Å². The van der Waals surface area contributed by atoms with Crippen molar-refractivity contribution in [2.75, 3.05) is 5.32 Å². The van der Waals surface area contributed by atoms with E-state index in [1.165, 1.54) is 17.7 Å². The van der Waals surface area contributed by atoms with Gasteiger partial charge in [0.05, 0.1) is 10.0 Å². The molecule has 0 saturated heterocycles. The molecular formula is C21H18Cl2FNO. The molecule has 3 aromatic rings. The zero-order valence-electron chi connectivity index (χ0n) is 14.2. The zero-order chi connectivity index (χ0) is 18.5. The van der Waals surface area contributed by atoms with Crippen LogP contribution in [0, 0.1) is 12.7 Å². The summed E-state index contributed by atoms with van der Waals surface area (Å²) in [7, 11) is 0. The third kappa shape index (κ3) is 4.90. The molecule has 134 valence electrons. The Kier molecular flexibility index (Phi) is 6.02. The van der Waals surface area contributed by atoms with Crippen molar-refractivity contribution >= 4 is 28.9 Å². The van der Waals surface area contributed by atoms with E-state index < -0.39 is 0 Å². The number of halogens is 3. The SMILES string of the molecule is Cc1ccc(COc2c(Cl)cc(CNc3ccc(F)cc3)cc2Cl)cc1. The maximum Gasteiger partial charge on any atom is 0.156 e. The van der Waals surface area contributed by atoms with E-state index in [-0.39, 0.29) is 5.82 Å². The van der Waals surface area contributed by atoms with Gasteiger partial charge in [0.1, 0.15) is 12.4 Å². The predicted octanol–water partition coefficient (Wildman–Crippen LogP) is 6.63. The van der Waals surface area contributed by atoms with Gasteiger partial charge in [0.15, 0.2) is 5.75 Å². The van der Waals surface area contributed by atoms with Gasteiger partial charge in [0.2, 0.25) is 0 Å². The summed E-state index contributed by atoms with van der Waals surface area (Å²) >= 11 is 12.7. The molecule has 0 aromatic heterocycles. The van der Waals surface area contributed by atoms with Crippen LogP contribution >= 0.6 is 23.2 Å². The smallest absolute Gasteiger partial charge is 0.156 e. The second kappa shape index (κ2) is 8.43. The van der Waals surface area contributed by atoms with Gasteiger partial charge in [-0.15, -0.1) is 0 Å². The van der Waals surface area contributed by atoms with Crippen molar-refractivity contribution in [3.8, 4) is 5.75 Å². The molecule has 1 N–H and O–H groups in total.